The first-order valence-electron chi connectivity index (χ1n) is 6.78. The molecule has 0 aliphatic carbocycles. The molecule has 1 N–H and O–H groups in total. The predicted molar refractivity (Wildman–Crippen MR) is 74.7 cm³/mol. The summed E-state index contributed by atoms with van der Waals surface area (Å²) >= 11 is 0. The van der Waals surface area contributed by atoms with Gasteiger partial charge in [-0.1, -0.05) is 0 Å². The Bertz CT molecular complexity index is 352. The maximum Gasteiger partial charge on any atom is 0.105 e. The molecule has 0 aromatic carbocycles. The molecule has 0 amide bonds. The number of aromatic nitrogens is 2. The third kappa shape index (κ3) is 5.19. The van der Waals surface area contributed by atoms with Crippen molar-refractivity contribution in [1.82, 2.24) is 14.9 Å². The molecule has 1 heterocycles. The van der Waals surface area contributed by atoms with Crippen molar-refractivity contribution >= 4 is 0 Å². The molecule has 0 radical (unpaired) electrons. The minimum atomic E-state index is 0.133. The average Bonchev–Trinajstić information content (AvgIpc) is 2.62. The Kier molecular flexibility index (Phi) is 5.82. The van der Waals surface area contributed by atoms with Gasteiger partial charge in [0.1, 0.15) is 5.82 Å². The van der Waals surface area contributed by atoms with Crippen molar-refractivity contribution in [2.24, 2.45) is 0 Å². The molecule has 0 atom stereocenters. The van der Waals surface area contributed by atoms with Crippen LogP contribution in [0.25, 0.3) is 0 Å². The first kappa shape index (κ1) is 15.2. The summed E-state index contributed by atoms with van der Waals surface area (Å²) < 4.78 is 7.65. The van der Waals surface area contributed by atoms with Crippen molar-refractivity contribution in [3.8, 4) is 0 Å². The Balaban J connectivity index is 2.52. The quantitative estimate of drug-likeness (QED) is 0.759. The Morgan fingerprint density at radius 1 is 1.39 bits per heavy atom. The highest BCUT2D eigenvalue weighted by molar-refractivity contribution is 5.04. The molecule has 0 aliphatic heterocycles. The van der Waals surface area contributed by atoms with Gasteiger partial charge in [0.2, 0.25) is 0 Å². The van der Waals surface area contributed by atoms with E-state index < -0.39 is 0 Å². The zero-order chi connectivity index (χ0) is 13.6. The van der Waals surface area contributed by atoms with Crippen LogP contribution in [0.5, 0.6) is 0 Å². The molecule has 0 unspecified atom stereocenters. The molecule has 1 rings (SSSR count). The van der Waals surface area contributed by atoms with Gasteiger partial charge in [-0.05, 0) is 41.0 Å². The van der Waals surface area contributed by atoms with Crippen molar-refractivity contribution < 1.29 is 4.74 Å². The van der Waals surface area contributed by atoms with E-state index >= 15 is 0 Å². The smallest absolute Gasteiger partial charge is 0.105 e. The van der Waals surface area contributed by atoms with E-state index in [0.29, 0.717) is 0 Å². The second kappa shape index (κ2) is 6.90. The van der Waals surface area contributed by atoms with E-state index in [1.54, 1.807) is 0 Å². The molecule has 0 spiro atoms. The van der Waals surface area contributed by atoms with Gasteiger partial charge in [0.05, 0.1) is 5.69 Å². The Labute approximate surface area is 111 Å². The number of nitrogens with one attached hydrogen (secondary N) is 1. The van der Waals surface area contributed by atoms with Crippen LogP contribution in [0.1, 0.15) is 45.6 Å². The fraction of sp³-hybridized carbons (Fsp3) is 0.786. The summed E-state index contributed by atoms with van der Waals surface area (Å²) in [6.45, 7) is 14.1. The second-order valence-electron chi connectivity index (χ2n) is 5.60. The van der Waals surface area contributed by atoms with Gasteiger partial charge in [0, 0.05) is 38.0 Å². The van der Waals surface area contributed by atoms with Gasteiger partial charge in [0.15, 0.2) is 0 Å². The number of ether oxygens (including phenoxy) is 1. The van der Waals surface area contributed by atoms with E-state index in [9.17, 15) is 0 Å². The second-order valence-corrected chi connectivity index (χ2v) is 5.60. The molecule has 18 heavy (non-hydrogen) atoms. The average molecular weight is 253 g/mol. The fourth-order valence-corrected chi connectivity index (χ4v) is 1.79. The van der Waals surface area contributed by atoms with Gasteiger partial charge in [-0.2, -0.15) is 0 Å². The number of imidazole rings is 1. The third-order valence-electron chi connectivity index (χ3n) is 2.81. The van der Waals surface area contributed by atoms with Gasteiger partial charge >= 0.3 is 0 Å². The van der Waals surface area contributed by atoms with E-state index in [2.05, 4.69) is 42.6 Å². The largest absolute Gasteiger partial charge is 0.382 e. The molecule has 1 aromatic heterocycles. The summed E-state index contributed by atoms with van der Waals surface area (Å²) in [5.41, 5.74) is 1.38. The van der Waals surface area contributed by atoms with Crippen molar-refractivity contribution in [2.75, 3.05) is 13.2 Å². The molecule has 1 aromatic rings. The van der Waals surface area contributed by atoms with Crippen LogP contribution in [0, 0.1) is 6.92 Å². The maximum absolute atomic E-state index is 5.38. The number of aryl methyl sites for hydroxylation is 1. The van der Waals surface area contributed by atoms with E-state index in [0.717, 1.165) is 38.5 Å². The Morgan fingerprint density at radius 3 is 2.72 bits per heavy atom. The number of hydrogen-bond acceptors (Lipinski definition) is 3. The first-order valence-corrected chi connectivity index (χ1v) is 6.78. The van der Waals surface area contributed by atoms with Crippen LogP contribution >= 0.6 is 0 Å². The molecule has 0 bridgehead atoms. The minimum Gasteiger partial charge on any atom is -0.382 e. The van der Waals surface area contributed by atoms with Crippen molar-refractivity contribution in [2.45, 2.75) is 59.7 Å². The highest BCUT2D eigenvalue weighted by Crippen LogP contribution is 2.08. The van der Waals surface area contributed by atoms with E-state index in [1.165, 1.54) is 5.69 Å². The van der Waals surface area contributed by atoms with Gasteiger partial charge in [-0.3, -0.25) is 0 Å². The molecule has 104 valence electrons. The number of nitrogens with zero attached hydrogens (tertiary/aromatic N) is 2. The lowest BCUT2D eigenvalue weighted by Gasteiger charge is -2.21. The van der Waals surface area contributed by atoms with E-state index in [1.807, 2.05) is 13.1 Å². The van der Waals surface area contributed by atoms with Crippen LogP contribution in [0.2, 0.25) is 0 Å². The summed E-state index contributed by atoms with van der Waals surface area (Å²) in [5.74, 6) is 1.08. The number of hydrogen-bond donors (Lipinski definition) is 1. The maximum atomic E-state index is 5.38. The topological polar surface area (TPSA) is 39.1 Å². The van der Waals surface area contributed by atoms with Crippen LogP contribution in [-0.4, -0.2) is 28.3 Å². The Morgan fingerprint density at radius 2 is 2.11 bits per heavy atom. The molecule has 4 nitrogen and oxygen atoms in total. The zero-order valence-electron chi connectivity index (χ0n) is 12.4. The highest BCUT2D eigenvalue weighted by atomic mass is 16.5. The van der Waals surface area contributed by atoms with Crippen molar-refractivity contribution in [1.29, 1.82) is 0 Å². The molecular weight excluding hydrogens is 226 g/mol. The minimum absolute atomic E-state index is 0.133. The van der Waals surface area contributed by atoms with E-state index in [-0.39, 0.29) is 5.54 Å². The van der Waals surface area contributed by atoms with Crippen molar-refractivity contribution in [3.63, 3.8) is 0 Å². The lowest BCUT2D eigenvalue weighted by Crippen LogP contribution is -2.35. The summed E-state index contributed by atoms with van der Waals surface area (Å²) in [7, 11) is 0. The van der Waals surface area contributed by atoms with Gasteiger partial charge in [-0.25, -0.2) is 4.98 Å². The first-order chi connectivity index (χ1) is 8.44. The SMILES string of the molecule is CCOCCCn1c(CNC(C)(C)C)cnc1C. The van der Waals surface area contributed by atoms with Crippen LogP contribution in [0.3, 0.4) is 0 Å². The van der Waals surface area contributed by atoms with Crippen LogP contribution in [0.15, 0.2) is 6.20 Å². The molecule has 4 heteroatoms. The summed E-state index contributed by atoms with van der Waals surface area (Å²) in [6, 6.07) is 0. The summed E-state index contributed by atoms with van der Waals surface area (Å²) in [4.78, 5) is 4.40. The van der Waals surface area contributed by atoms with Crippen molar-refractivity contribution in [3.05, 3.63) is 17.7 Å². The number of rotatable bonds is 7. The fourth-order valence-electron chi connectivity index (χ4n) is 1.79. The van der Waals surface area contributed by atoms with Gasteiger partial charge < -0.3 is 14.6 Å². The standard InChI is InChI=1S/C14H27N3O/c1-6-18-9-7-8-17-12(2)15-10-13(17)11-16-14(3,4)5/h10,16H,6-9,11H2,1-5H3. The molecule has 0 saturated heterocycles. The normalized spacial score (nSPS) is 12.1. The highest BCUT2D eigenvalue weighted by Gasteiger charge is 2.11. The predicted octanol–water partition coefficient (Wildman–Crippen LogP) is 2.51. The molecular formula is C14H27N3O. The summed E-state index contributed by atoms with van der Waals surface area (Å²) in [6.07, 6.45) is 3.00. The van der Waals surface area contributed by atoms with E-state index in [4.69, 9.17) is 4.74 Å². The molecule has 0 fully saturated rings. The zero-order valence-corrected chi connectivity index (χ0v) is 12.4. The molecule has 0 aliphatic rings. The van der Waals surface area contributed by atoms with Crippen LogP contribution < -0.4 is 5.32 Å². The van der Waals surface area contributed by atoms with Gasteiger partial charge in [0.25, 0.3) is 0 Å². The lowest BCUT2D eigenvalue weighted by molar-refractivity contribution is 0.141. The lowest BCUT2D eigenvalue weighted by atomic mass is 10.1. The molecule has 0 saturated carbocycles. The third-order valence-corrected chi connectivity index (χ3v) is 2.81. The summed E-state index contributed by atoms with van der Waals surface area (Å²) in [5, 5.41) is 3.50. The Hall–Kier alpha value is -0.870. The van der Waals surface area contributed by atoms with Crippen LogP contribution in [0.4, 0.5) is 0 Å². The van der Waals surface area contributed by atoms with Crippen LogP contribution in [-0.2, 0) is 17.8 Å². The monoisotopic (exact) mass is 253 g/mol. The van der Waals surface area contributed by atoms with Gasteiger partial charge in [-0.15, -0.1) is 0 Å².